The number of amides is 2. The maximum Gasteiger partial charge on any atom is 0.254 e. The van der Waals surface area contributed by atoms with Crippen LogP contribution in [0.4, 0.5) is 11.4 Å². The van der Waals surface area contributed by atoms with Gasteiger partial charge >= 0.3 is 0 Å². The molecular formula is C17H23N3O3. The lowest BCUT2D eigenvalue weighted by molar-refractivity contribution is -0.114. The predicted octanol–water partition coefficient (Wildman–Crippen LogP) is 1.72. The van der Waals surface area contributed by atoms with Crippen molar-refractivity contribution in [3.63, 3.8) is 0 Å². The van der Waals surface area contributed by atoms with E-state index in [0.29, 0.717) is 31.9 Å². The van der Waals surface area contributed by atoms with Gasteiger partial charge in [0.1, 0.15) is 0 Å². The van der Waals surface area contributed by atoms with Crippen LogP contribution < -0.4 is 10.2 Å². The number of ether oxygens (including phenoxy) is 1. The molecule has 0 aromatic heterocycles. The maximum atomic E-state index is 12.6. The molecule has 6 heteroatoms. The van der Waals surface area contributed by atoms with Crippen LogP contribution in [-0.4, -0.2) is 56.1 Å². The number of carbonyl (C=O) groups is 2. The van der Waals surface area contributed by atoms with Gasteiger partial charge in [-0.2, -0.15) is 0 Å². The Morgan fingerprint density at radius 1 is 1.09 bits per heavy atom. The van der Waals surface area contributed by atoms with Gasteiger partial charge in [-0.05, 0) is 31.0 Å². The SMILES string of the molecule is CC(=O)Nc1cc(C(=O)N2CCOCC2)ccc1N1CCCC1. The van der Waals surface area contributed by atoms with Crippen LogP contribution in [0.5, 0.6) is 0 Å². The van der Waals surface area contributed by atoms with E-state index < -0.39 is 0 Å². The second-order valence-electron chi connectivity index (χ2n) is 6.01. The molecule has 2 aliphatic rings. The average molecular weight is 317 g/mol. The Bertz CT molecular complexity index is 591. The molecule has 0 spiro atoms. The summed E-state index contributed by atoms with van der Waals surface area (Å²) in [5, 5.41) is 2.87. The lowest BCUT2D eigenvalue weighted by Crippen LogP contribution is -2.40. The van der Waals surface area contributed by atoms with E-state index >= 15 is 0 Å². The lowest BCUT2D eigenvalue weighted by Gasteiger charge is -2.27. The monoisotopic (exact) mass is 317 g/mol. The van der Waals surface area contributed by atoms with Crippen LogP contribution >= 0.6 is 0 Å². The zero-order chi connectivity index (χ0) is 16.2. The zero-order valence-electron chi connectivity index (χ0n) is 13.5. The largest absolute Gasteiger partial charge is 0.378 e. The molecule has 0 aliphatic carbocycles. The van der Waals surface area contributed by atoms with E-state index in [1.165, 1.54) is 6.92 Å². The maximum absolute atomic E-state index is 12.6. The highest BCUT2D eigenvalue weighted by Crippen LogP contribution is 2.30. The van der Waals surface area contributed by atoms with Crippen LogP contribution in [0.2, 0.25) is 0 Å². The van der Waals surface area contributed by atoms with E-state index in [9.17, 15) is 9.59 Å². The number of carbonyl (C=O) groups excluding carboxylic acids is 2. The molecule has 0 bridgehead atoms. The van der Waals surface area contributed by atoms with Crippen molar-refractivity contribution < 1.29 is 14.3 Å². The molecule has 2 amide bonds. The van der Waals surface area contributed by atoms with Gasteiger partial charge in [0, 0.05) is 38.7 Å². The second-order valence-corrected chi connectivity index (χ2v) is 6.01. The third kappa shape index (κ3) is 3.64. The van der Waals surface area contributed by atoms with Crippen LogP contribution in [0.3, 0.4) is 0 Å². The number of hydrogen-bond donors (Lipinski definition) is 1. The Balaban J connectivity index is 1.86. The normalized spacial score (nSPS) is 18.1. The Labute approximate surface area is 136 Å². The Kier molecular flexibility index (Phi) is 4.81. The first kappa shape index (κ1) is 15.8. The van der Waals surface area contributed by atoms with Crippen molar-refractivity contribution in [2.24, 2.45) is 0 Å². The number of morpholine rings is 1. The van der Waals surface area contributed by atoms with Crippen LogP contribution in [0.1, 0.15) is 30.1 Å². The van der Waals surface area contributed by atoms with Gasteiger partial charge in [0.15, 0.2) is 0 Å². The molecule has 1 aromatic carbocycles. The van der Waals surface area contributed by atoms with E-state index in [2.05, 4.69) is 10.2 Å². The van der Waals surface area contributed by atoms with Crippen LogP contribution in [-0.2, 0) is 9.53 Å². The Morgan fingerprint density at radius 3 is 2.43 bits per heavy atom. The summed E-state index contributed by atoms with van der Waals surface area (Å²) in [6.07, 6.45) is 2.32. The van der Waals surface area contributed by atoms with Crippen molar-refractivity contribution in [1.82, 2.24) is 4.90 Å². The highest BCUT2D eigenvalue weighted by Gasteiger charge is 2.22. The van der Waals surface area contributed by atoms with E-state index in [-0.39, 0.29) is 11.8 Å². The molecule has 3 rings (SSSR count). The minimum Gasteiger partial charge on any atom is -0.378 e. The molecule has 1 aromatic rings. The number of nitrogens with one attached hydrogen (secondary N) is 1. The molecule has 0 atom stereocenters. The lowest BCUT2D eigenvalue weighted by atomic mass is 10.1. The second kappa shape index (κ2) is 7.00. The number of hydrogen-bond acceptors (Lipinski definition) is 4. The highest BCUT2D eigenvalue weighted by molar-refractivity contribution is 5.99. The van der Waals surface area contributed by atoms with E-state index in [1.807, 2.05) is 12.1 Å². The summed E-state index contributed by atoms with van der Waals surface area (Å²) in [7, 11) is 0. The summed E-state index contributed by atoms with van der Waals surface area (Å²) in [5.74, 6) is -0.130. The summed E-state index contributed by atoms with van der Waals surface area (Å²) in [6.45, 7) is 5.85. The summed E-state index contributed by atoms with van der Waals surface area (Å²) in [5.41, 5.74) is 2.33. The van der Waals surface area contributed by atoms with Gasteiger partial charge in [-0.15, -0.1) is 0 Å². The van der Waals surface area contributed by atoms with Crippen molar-refractivity contribution >= 4 is 23.2 Å². The molecule has 1 N–H and O–H groups in total. The van der Waals surface area contributed by atoms with E-state index in [4.69, 9.17) is 4.74 Å². The van der Waals surface area contributed by atoms with Crippen LogP contribution in [0.15, 0.2) is 18.2 Å². The fraction of sp³-hybridized carbons (Fsp3) is 0.529. The first-order chi connectivity index (χ1) is 11.1. The molecule has 2 fully saturated rings. The van der Waals surface area contributed by atoms with Crippen LogP contribution in [0, 0.1) is 0 Å². The van der Waals surface area contributed by atoms with Gasteiger partial charge in [-0.1, -0.05) is 0 Å². The van der Waals surface area contributed by atoms with Crippen molar-refractivity contribution in [3.8, 4) is 0 Å². The molecule has 0 unspecified atom stereocenters. The number of benzene rings is 1. The first-order valence-corrected chi connectivity index (χ1v) is 8.19. The summed E-state index contributed by atoms with van der Waals surface area (Å²) in [4.78, 5) is 28.2. The third-order valence-corrected chi connectivity index (χ3v) is 4.30. The summed E-state index contributed by atoms with van der Waals surface area (Å²) >= 11 is 0. The molecule has 2 saturated heterocycles. The van der Waals surface area contributed by atoms with E-state index in [0.717, 1.165) is 37.3 Å². The average Bonchev–Trinajstić information content (AvgIpc) is 3.08. The van der Waals surface area contributed by atoms with Crippen LogP contribution in [0.25, 0.3) is 0 Å². The molecule has 2 heterocycles. The first-order valence-electron chi connectivity index (χ1n) is 8.19. The van der Waals surface area contributed by atoms with Gasteiger partial charge < -0.3 is 19.9 Å². The minimum atomic E-state index is -0.124. The molecule has 2 aliphatic heterocycles. The fourth-order valence-electron chi connectivity index (χ4n) is 3.14. The molecular weight excluding hydrogens is 294 g/mol. The van der Waals surface area contributed by atoms with Gasteiger partial charge in [0.05, 0.1) is 24.6 Å². The van der Waals surface area contributed by atoms with Crippen molar-refractivity contribution in [2.45, 2.75) is 19.8 Å². The molecule has 0 saturated carbocycles. The summed E-state index contributed by atoms with van der Waals surface area (Å²) in [6, 6.07) is 5.61. The number of rotatable bonds is 3. The molecule has 23 heavy (non-hydrogen) atoms. The van der Waals surface area contributed by atoms with Crippen molar-refractivity contribution in [3.05, 3.63) is 23.8 Å². The van der Waals surface area contributed by atoms with Gasteiger partial charge in [-0.3, -0.25) is 9.59 Å². The van der Waals surface area contributed by atoms with Gasteiger partial charge in [-0.25, -0.2) is 0 Å². The minimum absolute atomic E-state index is 0.00660. The standard InChI is InChI=1S/C17H23N3O3/c1-13(21)18-15-12-14(17(22)20-8-10-23-11-9-20)4-5-16(15)19-6-2-3-7-19/h4-5,12H,2-3,6-11H2,1H3,(H,18,21). The topological polar surface area (TPSA) is 61.9 Å². The summed E-state index contributed by atoms with van der Waals surface area (Å²) < 4.78 is 5.29. The zero-order valence-corrected chi connectivity index (χ0v) is 13.5. The van der Waals surface area contributed by atoms with Crippen molar-refractivity contribution in [1.29, 1.82) is 0 Å². The van der Waals surface area contributed by atoms with E-state index in [1.54, 1.807) is 11.0 Å². The van der Waals surface area contributed by atoms with Gasteiger partial charge in [0.25, 0.3) is 5.91 Å². The Hall–Kier alpha value is -2.08. The van der Waals surface area contributed by atoms with Crippen molar-refractivity contribution in [2.75, 3.05) is 49.6 Å². The third-order valence-electron chi connectivity index (χ3n) is 4.30. The van der Waals surface area contributed by atoms with Gasteiger partial charge in [0.2, 0.25) is 5.91 Å². The number of nitrogens with zero attached hydrogens (tertiary/aromatic N) is 2. The molecule has 6 nitrogen and oxygen atoms in total. The highest BCUT2D eigenvalue weighted by atomic mass is 16.5. The fourth-order valence-corrected chi connectivity index (χ4v) is 3.14. The Morgan fingerprint density at radius 2 is 1.78 bits per heavy atom. The number of anilines is 2. The molecule has 124 valence electrons. The predicted molar refractivity (Wildman–Crippen MR) is 88.9 cm³/mol. The smallest absolute Gasteiger partial charge is 0.254 e. The quantitative estimate of drug-likeness (QED) is 0.922. The molecule has 0 radical (unpaired) electrons.